The van der Waals surface area contributed by atoms with Gasteiger partial charge in [-0.3, -0.25) is 9.59 Å². The molecule has 1 fully saturated rings. The molecule has 0 saturated carbocycles. The zero-order chi connectivity index (χ0) is 18.0. The minimum Gasteiger partial charge on any atom is -0.337 e. The third-order valence-corrected chi connectivity index (χ3v) is 4.46. The molecule has 0 aromatic heterocycles. The van der Waals surface area contributed by atoms with Crippen molar-refractivity contribution >= 4 is 29.1 Å². The molecule has 3 rings (SSSR count). The highest BCUT2D eigenvalue weighted by molar-refractivity contribution is 6.31. The number of nitrogens with zero attached hydrogens (tertiary/aromatic N) is 1. The molecule has 2 aromatic carbocycles. The number of amides is 2. The first-order chi connectivity index (χ1) is 11.9. The number of carbonyl (C=O) groups is 2. The van der Waals surface area contributed by atoms with E-state index in [4.69, 9.17) is 11.6 Å². The molecule has 1 atom stereocenters. The van der Waals surface area contributed by atoms with E-state index >= 15 is 0 Å². The molecule has 1 aliphatic heterocycles. The fourth-order valence-electron chi connectivity index (χ4n) is 2.75. The fourth-order valence-corrected chi connectivity index (χ4v) is 2.95. The molecule has 0 bridgehead atoms. The molecule has 1 unspecified atom stereocenters. The molecule has 0 radical (unpaired) electrons. The van der Waals surface area contributed by atoms with Crippen molar-refractivity contribution in [3.05, 3.63) is 64.7 Å². The highest BCUT2D eigenvalue weighted by atomic mass is 35.5. The lowest BCUT2D eigenvalue weighted by Crippen LogP contribution is -2.28. The van der Waals surface area contributed by atoms with Gasteiger partial charge < -0.3 is 10.2 Å². The van der Waals surface area contributed by atoms with E-state index in [-0.39, 0.29) is 24.6 Å². The second kappa shape index (κ2) is 7.19. The zero-order valence-corrected chi connectivity index (χ0v) is 13.9. The topological polar surface area (TPSA) is 49.4 Å². The Bertz CT molecular complexity index is 828. The molecule has 2 aromatic rings. The van der Waals surface area contributed by atoms with Gasteiger partial charge in [-0.1, -0.05) is 29.8 Å². The van der Waals surface area contributed by atoms with Gasteiger partial charge >= 0.3 is 0 Å². The predicted octanol–water partition coefficient (Wildman–Crippen LogP) is 3.61. The van der Waals surface area contributed by atoms with E-state index in [1.54, 1.807) is 17.0 Å². The van der Waals surface area contributed by atoms with Crippen LogP contribution in [0.25, 0.3) is 0 Å². The summed E-state index contributed by atoms with van der Waals surface area (Å²) in [6.07, 6.45) is 0.0694. The van der Waals surface area contributed by atoms with Crippen molar-refractivity contribution in [1.82, 2.24) is 4.90 Å². The van der Waals surface area contributed by atoms with Crippen LogP contribution in [0.5, 0.6) is 0 Å². The summed E-state index contributed by atoms with van der Waals surface area (Å²) in [7, 11) is 0. The summed E-state index contributed by atoms with van der Waals surface area (Å²) in [6.45, 7) is 0.576. The smallest absolute Gasteiger partial charge is 0.229 e. The maximum Gasteiger partial charge on any atom is 0.229 e. The monoisotopic (exact) mass is 364 g/mol. The van der Waals surface area contributed by atoms with E-state index in [1.807, 2.05) is 12.1 Å². The molecule has 25 heavy (non-hydrogen) atoms. The minimum atomic E-state index is -1.04. The first-order valence-corrected chi connectivity index (χ1v) is 8.09. The average Bonchev–Trinajstić information content (AvgIpc) is 2.94. The molecule has 0 aliphatic carbocycles. The van der Waals surface area contributed by atoms with Gasteiger partial charge in [0.1, 0.15) is 0 Å². The van der Waals surface area contributed by atoms with Gasteiger partial charge in [-0.15, -0.1) is 0 Å². The fraction of sp³-hybridized carbons (Fsp3) is 0.222. The van der Waals surface area contributed by atoms with Crippen molar-refractivity contribution in [1.29, 1.82) is 0 Å². The number of nitrogens with one attached hydrogen (secondary N) is 1. The average molecular weight is 365 g/mol. The van der Waals surface area contributed by atoms with Crippen LogP contribution in [0.4, 0.5) is 14.5 Å². The summed E-state index contributed by atoms with van der Waals surface area (Å²) in [6, 6.07) is 10.3. The number of hydrogen-bond acceptors (Lipinski definition) is 2. The normalized spacial score (nSPS) is 17.0. The molecule has 7 heteroatoms. The number of anilines is 1. The second-order valence-corrected chi connectivity index (χ2v) is 6.29. The highest BCUT2D eigenvalue weighted by Crippen LogP contribution is 2.24. The molecular formula is C18H15ClF2N2O2. The van der Waals surface area contributed by atoms with Gasteiger partial charge in [0, 0.05) is 36.3 Å². The minimum absolute atomic E-state index is 0.0694. The van der Waals surface area contributed by atoms with Gasteiger partial charge in [0.2, 0.25) is 11.8 Å². The Hall–Kier alpha value is -2.47. The SMILES string of the molecule is O=C(Nc1ccc(F)c(F)c1)C1CC(=O)N(Cc2ccccc2Cl)C1. The van der Waals surface area contributed by atoms with Gasteiger partial charge in [0.15, 0.2) is 11.6 Å². The van der Waals surface area contributed by atoms with Crippen molar-refractivity contribution in [2.75, 3.05) is 11.9 Å². The van der Waals surface area contributed by atoms with Gasteiger partial charge in [-0.2, -0.15) is 0 Å². The van der Waals surface area contributed by atoms with Crippen LogP contribution < -0.4 is 5.32 Å². The summed E-state index contributed by atoms with van der Waals surface area (Å²) in [5.74, 6) is -3.13. The van der Waals surface area contributed by atoms with E-state index in [1.165, 1.54) is 6.07 Å². The number of likely N-dealkylation sites (tertiary alicyclic amines) is 1. The van der Waals surface area contributed by atoms with Crippen molar-refractivity contribution in [2.24, 2.45) is 5.92 Å². The van der Waals surface area contributed by atoms with Crippen LogP contribution in [-0.2, 0) is 16.1 Å². The lowest BCUT2D eigenvalue weighted by Gasteiger charge is -2.17. The summed E-state index contributed by atoms with van der Waals surface area (Å²) in [5, 5.41) is 3.08. The Morgan fingerprint density at radius 1 is 1.20 bits per heavy atom. The Kier molecular flexibility index (Phi) is 4.99. The molecule has 1 aliphatic rings. The van der Waals surface area contributed by atoms with Crippen molar-refractivity contribution in [3.8, 4) is 0 Å². The van der Waals surface area contributed by atoms with E-state index in [9.17, 15) is 18.4 Å². The summed E-state index contributed by atoms with van der Waals surface area (Å²) < 4.78 is 26.1. The van der Waals surface area contributed by atoms with Gasteiger partial charge in [-0.05, 0) is 23.8 Å². The molecule has 1 N–H and O–H groups in total. The molecule has 1 heterocycles. The highest BCUT2D eigenvalue weighted by Gasteiger charge is 2.34. The van der Waals surface area contributed by atoms with Crippen molar-refractivity contribution in [3.63, 3.8) is 0 Å². The molecule has 0 spiro atoms. The van der Waals surface area contributed by atoms with Gasteiger partial charge in [0.25, 0.3) is 0 Å². The molecular weight excluding hydrogens is 350 g/mol. The maximum atomic E-state index is 13.2. The summed E-state index contributed by atoms with van der Waals surface area (Å²) in [5.41, 5.74) is 0.958. The number of hydrogen-bond donors (Lipinski definition) is 1. The van der Waals surface area contributed by atoms with E-state index in [0.29, 0.717) is 11.6 Å². The van der Waals surface area contributed by atoms with Crippen molar-refractivity contribution < 1.29 is 18.4 Å². The van der Waals surface area contributed by atoms with E-state index in [2.05, 4.69) is 5.32 Å². The second-order valence-electron chi connectivity index (χ2n) is 5.88. The molecule has 4 nitrogen and oxygen atoms in total. The largest absolute Gasteiger partial charge is 0.337 e. The van der Waals surface area contributed by atoms with Gasteiger partial charge in [-0.25, -0.2) is 8.78 Å². The Morgan fingerprint density at radius 2 is 1.96 bits per heavy atom. The zero-order valence-electron chi connectivity index (χ0n) is 13.1. The number of halogens is 3. The van der Waals surface area contributed by atoms with E-state index in [0.717, 1.165) is 17.7 Å². The lowest BCUT2D eigenvalue weighted by molar-refractivity contribution is -0.128. The first-order valence-electron chi connectivity index (χ1n) is 7.71. The van der Waals surface area contributed by atoms with Crippen LogP contribution >= 0.6 is 11.6 Å². The number of benzene rings is 2. The first kappa shape index (κ1) is 17.4. The van der Waals surface area contributed by atoms with Crippen LogP contribution in [0.1, 0.15) is 12.0 Å². The predicted molar refractivity (Wildman–Crippen MR) is 90.0 cm³/mol. The third kappa shape index (κ3) is 3.96. The van der Waals surface area contributed by atoms with Crippen LogP contribution in [0.15, 0.2) is 42.5 Å². The third-order valence-electron chi connectivity index (χ3n) is 4.09. The van der Waals surface area contributed by atoms with Crippen LogP contribution in [0.3, 0.4) is 0 Å². The van der Waals surface area contributed by atoms with Gasteiger partial charge in [0.05, 0.1) is 5.92 Å². The number of rotatable bonds is 4. The maximum absolute atomic E-state index is 13.2. The number of carbonyl (C=O) groups excluding carboxylic acids is 2. The quantitative estimate of drug-likeness (QED) is 0.901. The Morgan fingerprint density at radius 3 is 2.68 bits per heavy atom. The van der Waals surface area contributed by atoms with Crippen molar-refractivity contribution in [2.45, 2.75) is 13.0 Å². The molecule has 130 valence electrons. The van der Waals surface area contributed by atoms with Crippen LogP contribution in [0, 0.1) is 17.6 Å². The standard InChI is InChI=1S/C18H15ClF2N2O2/c19-14-4-2-1-3-11(14)9-23-10-12(7-17(23)24)18(25)22-13-5-6-15(20)16(21)8-13/h1-6,8,12H,7,9-10H2,(H,22,25). The Balaban J connectivity index is 1.64. The summed E-state index contributed by atoms with van der Waals surface area (Å²) in [4.78, 5) is 26.0. The Labute approximate surface area is 148 Å². The summed E-state index contributed by atoms with van der Waals surface area (Å²) >= 11 is 6.10. The van der Waals surface area contributed by atoms with Crippen LogP contribution in [0.2, 0.25) is 5.02 Å². The molecule has 2 amide bonds. The lowest BCUT2D eigenvalue weighted by atomic mass is 10.1. The molecule has 1 saturated heterocycles. The van der Waals surface area contributed by atoms with E-state index < -0.39 is 23.5 Å². The van der Waals surface area contributed by atoms with Crippen LogP contribution in [-0.4, -0.2) is 23.3 Å².